The Morgan fingerprint density at radius 3 is 2.74 bits per heavy atom. The predicted octanol–water partition coefficient (Wildman–Crippen LogP) is 6.21. The molecule has 7 nitrogen and oxygen atoms in total. The van der Waals surface area contributed by atoms with E-state index in [0.717, 1.165) is 52.0 Å². The van der Waals surface area contributed by atoms with Crippen molar-refractivity contribution in [2.75, 3.05) is 4.90 Å². The molecule has 178 valence electrons. The van der Waals surface area contributed by atoms with Crippen molar-refractivity contribution in [1.29, 1.82) is 0 Å². The first-order valence-electron chi connectivity index (χ1n) is 12.3. The highest BCUT2D eigenvalue weighted by Crippen LogP contribution is 2.45. The number of imidazole rings is 1. The third kappa shape index (κ3) is 3.71. The van der Waals surface area contributed by atoms with E-state index in [1.807, 2.05) is 59.1 Å². The van der Waals surface area contributed by atoms with Gasteiger partial charge in [0.2, 0.25) is 5.91 Å². The van der Waals surface area contributed by atoms with Gasteiger partial charge in [0.05, 0.1) is 29.0 Å². The van der Waals surface area contributed by atoms with Crippen molar-refractivity contribution < 1.29 is 9.53 Å². The molecule has 1 unspecified atom stereocenters. The van der Waals surface area contributed by atoms with Crippen molar-refractivity contribution in [2.45, 2.75) is 58.5 Å². The lowest BCUT2D eigenvalue weighted by Crippen LogP contribution is -2.40. The number of fused-ring (bicyclic) bond motifs is 2. The van der Waals surface area contributed by atoms with Crippen LogP contribution in [0.3, 0.4) is 0 Å². The number of amides is 1. The summed E-state index contributed by atoms with van der Waals surface area (Å²) in [6.45, 7) is 5.71. The Morgan fingerprint density at radius 1 is 1.14 bits per heavy atom. The zero-order valence-electron chi connectivity index (χ0n) is 20.3. The molecule has 35 heavy (non-hydrogen) atoms. The number of anilines is 1. The fraction of sp³-hybridized carbons (Fsp3) is 0.321. The monoisotopic (exact) mass is 467 g/mol. The predicted molar refractivity (Wildman–Crippen MR) is 138 cm³/mol. The maximum atomic E-state index is 12.6. The van der Waals surface area contributed by atoms with Crippen LogP contribution in [0.5, 0.6) is 11.8 Å². The number of ether oxygens (including phenoxy) is 1. The van der Waals surface area contributed by atoms with Crippen molar-refractivity contribution in [3.63, 3.8) is 0 Å². The second kappa shape index (κ2) is 8.41. The third-order valence-electron chi connectivity index (χ3n) is 6.98. The standard InChI is InChI=1S/C28H29N5O2/c1-4-15-31-26-8-6-5-7-24(26)30-28(31)35-27-22(20-16-29-32(17-20)21-10-11-21)13-14-25-23(27)12-9-18(2)33(25)19(3)34/h4-8,13-18,21H,9-12H2,1-3H3/b15-4-. The van der Waals surface area contributed by atoms with E-state index in [-0.39, 0.29) is 11.9 Å². The molecule has 1 atom stereocenters. The largest absolute Gasteiger partial charge is 0.424 e. The molecule has 0 saturated heterocycles. The number of para-hydroxylation sites is 2. The van der Waals surface area contributed by atoms with Crippen LogP contribution in [0.4, 0.5) is 5.69 Å². The van der Waals surface area contributed by atoms with E-state index in [4.69, 9.17) is 9.72 Å². The van der Waals surface area contributed by atoms with E-state index in [1.165, 1.54) is 12.8 Å². The Bertz CT molecular complexity index is 1460. The van der Waals surface area contributed by atoms with Gasteiger partial charge < -0.3 is 9.64 Å². The molecule has 2 aliphatic rings. The summed E-state index contributed by atoms with van der Waals surface area (Å²) in [4.78, 5) is 19.3. The van der Waals surface area contributed by atoms with Crippen LogP contribution in [-0.2, 0) is 11.2 Å². The van der Waals surface area contributed by atoms with Gasteiger partial charge in [0.1, 0.15) is 5.75 Å². The minimum absolute atomic E-state index is 0.0415. The Balaban J connectivity index is 1.54. The number of aromatic nitrogens is 4. The second-order valence-electron chi connectivity index (χ2n) is 9.49. The van der Waals surface area contributed by atoms with E-state index in [2.05, 4.69) is 35.0 Å². The molecule has 0 bridgehead atoms. The first-order chi connectivity index (χ1) is 17.0. The average molecular weight is 468 g/mol. The summed E-state index contributed by atoms with van der Waals surface area (Å²) in [5, 5.41) is 4.62. The third-order valence-corrected chi connectivity index (χ3v) is 6.98. The molecular formula is C28H29N5O2. The van der Waals surface area contributed by atoms with Gasteiger partial charge in [-0.3, -0.25) is 14.0 Å². The molecule has 1 aliphatic carbocycles. The smallest absolute Gasteiger partial charge is 0.307 e. The molecule has 6 rings (SSSR count). The molecule has 3 heterocycles. The lowest BCUT2D eigenvalue weighted by Gasteiger charge is -2.35. The molecule has 2 aromatic heterocycles. The lowest BCUT2D eigenvalue weighted by molar-refractivity contribution is -0.117. The number of rotatable bonds is 5. The molecule has 1 amide bonds. The Morgan fingerprint density at radius 2 is 1.97 bits per heavy atom. The molecule has 4 aromatic rings. The Labute approximate surface area is 204 Å². The fourth-order valence-electron chi connectivity index (χ4n) is 5.12. The molecule has 1 fully saturated rings. The number of carbonyl (C=O) groups excluding carboxylic acids is 1. The number of allylic oxidation sites excluding steroid dienone is 1. The first-order valence-corrected chi connectivity index (χ1v) is 12.3. The maximum Gasteiger partial charge on any atom is 0.307 e. The maximum absolute atomic E-state index is 12.6. The topological polar surface area (TPSA) is 65.2 Å². The summed E-state index contributed by atoms with van der Waals surface area (Å²) >= 11 is 0. The summed E-state index contributed by atoms with van der Waals surface area (Å²) < 4.78 is 10.7. The van der Waals surface area contributed by atoms with Crippen molar-refractivity contribution in [3.8, 4) is 22.9 Å². The van der Waals surface area contributed by atoms with Gasteiger partial charge in [-0.25, -0.2) is 0 Å². The van der Waals surface area contributed by atoms with Gasteiger partial charge in [-0.2, -0.15) is 10.1 Å². The minimum atomic E-state index is 0.0415. The molecule has 0 N–H and O–H groups in total. The average Bonchev–Trinajstić information content (AvgIpc) is 3.48. The minimum Gasteiger partial charge on any atom is -0.424 e. The van der Waals surface area contributed by atoms with Crippen LogP contribution in [0, 0.1) is 0 Å². The normalized spacial score (nSPS) is 17.8. The van der Waals surface area contributed by atoms with Crippen LogP contribution in [0.15, 0.2) is 54.9 Å². The Kier molecular flexibility index (Phi) is 5.20. The highest BCUT2D eigenvalue weighted by Gasteiger charge is 2.31. The van der Waals surface area contributed by atoms with Gasteiger partial charge in [-0.1, -0.05) is 18.2 Å². The van der Waals surface area contributed by atoms with Crippen LogP contribution in [0.1, 0.15) is 51.6 Å². The summed E-state index contributed by atoms with van der Waals surface area (Å²) in [6, 6.07) is 13.3. The van der Waals surface area contributed by atoms with Crippen molar-refractivity contribution in [2.24, 2.45) is 0 Å². The molecule has 1 aliphatic heterocycles. The number of benzene rings is 2. The van der Waals surface area contributed by atoms with Gasteiger partial charge in [-0.05, 0) is 63.8 Å². The first kappa shape index (κ1) is 21.6. The van der Waals surface area contributed by atoms with Gasteiger partial charge in [0, 0.05) is 42.1 Å². The van der Waals surface area contributed by atoms with Gasteiger partial charge in [0.15, 0.2) is 0 Å². The van der Waals surface area contributed by atoms with Gasteiger partial charge >= 0.3 is 6.01 Å². The zero-order chi connectivity index (χ0) is 24.1. The van der Waals surface area contributed by atoms with E-state index in [1.54, 1.807) is 6.92 Å². The molecule has 0 spiro atoms. The van der Waals surface area contributed by atoms with Crippen molar-refractivity contribution in [1.82, 2.24) is 19.3 Å². The SMILES string of the molecule is C/C=C\n1c(Oc2c(-c3cnn(C4CC4)c3)ccc3c2CCC(C)N3C(C)=O)nc2ccccc21. The van der Waals surface area contributed by atoms with Crippen LogP contribution < -0.4 is 9.64 Å². The number of nitrogens with zero attached hydrogens (tertiary/aromatic N) is 5. The number of hydrogen-bond acceptors (Lipinski definition) is 4. The lowest BCUT2D eigenvalue weighted by atomic mass is 9.92. The summed E-state index contributed by atoms with van der Waals surface area (Å²) in [6.07, 6.45) is 12.0. The zero-order valence-corrected chi connectivity index (χ0v) is 20.3. The van der Waals surface area contributed by atoms with Gasteiger partial charge in [-0.15, -0.1) is 0 Å². The molecule has 2 aromatic carbocycles. The van der Waals surface area contributed by atoms with Gasteiger partial charge in [0.25, 0.3) is 0 Å². The van der Waals surface area contributed by atoms with E-state index in [0.29, 0.717) is 12.1 Å². The fourth-order valence-corrected chi connectivity index (χ4v) is 5.12. The summed E-state index contributed by atoms with van der Waals surface area (Å²) in [5.74, 6) is 0.789. The highest BCUT2D eigenvalue weighted by molar-refractivity contribution is 5.95. The van der Waals surface area contributed by atoms with E-state index in [9.17, 15) is 4.79 Å². The second-order valence-corrected chi connectivity index (χ2v) is 9.49. The van der Waals surface area contributed by atoms with E-state index >= 15 is 0 Å². The highest BCUT2D eigenvalue weighted by atomic mass is 16.5. The van der Waals surface area contributed by atoms with Crippen molar-refractivity contribution in [3.05, 3.63) is 60.4 Å². The molecule has 7 heteroatoms. The number of carbonyl (C=O) groups is 1. The van der Waals surface area contributed by atoms with Crippen LogP contribution in [-0.4, -0.2) is 31.3 Å². The van der Waals surface area contributed by atoms with E-state index < -0.39 is 0 Å². The summed E-state index contributed by atoms with van der Waals surface area (Å²) in [7, 11) is 0. The summed E-state index contributed by atoms with van der Waals surface area (Å²) in [5.41, 5.74) is 5.77. The molecule has 0 radical (unpaired) electrons. The number of hydrogen-bond donors (Lipinski definition) is 0. The Hall–Kier alpha value is -3.87. The van der Waals surface area contributed by atoms with Crippen LogP contribution >= 0.6 is 0 Å². The molecule has 1 saturated carbocycles. The van der Waals surface area contributed by atoms with Crippen molar-refractivity contribution >= 4 is 28.8 Å². The van der Waals surface area contributed by atoms with Crippen LogP contribution in [0.2, 0.25) is 0 Å². The quantitative estimate of drug-likeness (QED) is 0.350. The molecular weight excluding hydrogens is 438 g/mol. The van der Waals surface area contributed by atoms with Crippen LogP contribution in [0.25, 0.3) is 28.4 Å².